The highest BCUT2D eigenvalue weighted by molar-refractivity contribution is 7.99. The van der Waals surface area contributed by atoms with Gasteiger partial charge in [-0.2, -0.15) is 16.1 Å². The van der Waals surface area contributed by atoms with Crippen molar-refractivity contribution in [1.29, 1.82) is 0 Å². The fourth-order valence-corrected chi connectivity index (χ4v) is 4.76. The lowest BCUT2D eigenvalue weighted by Crippen LogP contribution is -2.33. The zero-order valence-electron chi connectivity index (χ0n) is 10.8. The van der Waals surface area contributed by atoms with E-state index in [1.165, 1.54) is 10.4 Å². The van der Waals surface area contributed by atoms with Crippen LogP contribution in [0.1, 0.15) is 12.0 Å². The lowest BCUT2D eigenvalue weighted by molar-refractivity contribution is 0.434. The van der Waals surface area contributed by atoms with Gasteiger partial charge in [-0.05, 0) is 29.9 Å². The van der Waals surface area contributed by atoms with E-state index in [0.717, 1.165) is 24.0 Å². The van der Waals surface area contributed by atoms with Crippen molar-refractivity contribution in [3.8, 4) is 0 Å². The molecule has 1 aromatic carbocycles. The molecule has 0 unspecified atom stereocenters. The largest absolute Gasteiger partial charge is 0.326 e. The highest BCUT2D eigenvalue weighted by atomic mass is 35.5. The van der Waals surface area contributed by atoms with Crippen LogP contribution in [0.15, 0.2) is 17.0 Å². The molecule has 1 heterocycles. The SMILES string of the molecule is NCc1cc(S(=O)(=O)N2CCCSCC2)cc(F)c1Cl. The second kappa shape index (κ2) is 6.62. The van der Waals surface area contributed by atoms with Gasteiger partial charge in [-0.1, -0.05) is 11.6 Å². The van der Waals surface area contributed by atoms with Crippen molar-refractivity contribution in [2.45, 2.75) is 17.9 Å². The molecule has 0 spiro atoms. The summed E-state index contributed by atoms with van der Waals surface area (Å²) in [5.41, 5.74) is 5.77. The molecule has 0 saturated carbocycles. The van der Waals surface area contributed by atoms with Gasteiger partial charge in [0.05, 0.1) is 9.92 Å². The van der Waals surface area contributed by atoms with Crippen molar-refractivity contribution >= 4 is 33.4 Å². The second-order valence-electron chi connectivity index (χ2n) is 4.45. The quantitative estimate of drug-likeness (QED) is 0.916. The van der Waals surface area contributed by atoms with Crippen LogP contribution < -0.4 is 5.73 Å². The molecule has 1 saturated heterocycles. The molecule has 1 aliphatic heterocycles. The van der Waals surface area contributed by atoms with E-state index in [4.69, 9.17) is 17.3 Å². The Hall–Kier alpha value is -0.340. The molecule has 0 aliphatic carbocycles. The molecule has 1 aliphatic rings. The number of thioether (sulfide) groups is 1. The van der Waals surface area contributed by atoms with Crippen molar-refractivity contribution in [3.05, 3.63) is 28.5 Å². The minimum atomic E-state index is -3.69. The van der Waals surface area contributed by atoms with Crippen LogP contribution in [-0.4, -0.2) is 37.3 Å². The van der Waals surface area contributed by atoms with E-state index >= 15 is 0 Å². The van der Waals surface area contributed by atoms with Gasteiger partial charge in [-0.3, -0.25) is 0 Å². The lowest BCUT2D eigenvalue weighted by Gasteiger charge is -2.20. The minimum Gasteiger partial charge on any atom is -0.326 e. The smallest absolute Gasteiger partial charge is 0.243 e. The Morgan fingerprint density at radius 2 is 2.10 bits per heavy atom. The summed E-state index contributed by atoms with van der Waals surface area (Å²) in [5.74, 6) is 0.936. The maximum atomic E-state index is 13.7. The number of rotatable bonds is 3. The molecular formula is C12H16ClFN2O2S2. The molecule has 0 atom stereocenters. The first-order chi connectivity index (χ1) is 9.46. The summed E-state index contributed by atoms with van der Waals surface area (Å²) in [6.07, 6.45) is 0.795. The summed E-state index contributed by atoms with van der Waals surface area (Å²) in [5, 5.41) is -0.113. The van der Waals surface area contributed by atoms with Crippen LogP contribution in [0.5, 0.6) is 0 Å². The van der Waals surface area contributed by atoms with Gasteiger partial charge < -0.3 is 5.73 Å². The second-order valence-corrected chi connectivity index (χ2v) is 7.99. The van der Waals surface area contributed by atoms with Crippen LogP contribution in [-0.2, 0) is 16.6 Å². The average molecular weight is 339 g/mol. The highest BCUT2D eigenvalue weighted by Crippen LogP contribution is 2.27. The Morgan fingerprint density at radius 1 is 1.35 bits per heavy atom. The first-order valence-electron chi connectivity index (χ1n) is 6.22. The van der Waals surface area contributed by atoms with E-state index in [2.05, 4.69) is 0 Å². The Bertz CT molecular complexity index is 587. The van der Waals surface area contributed by atoms with Crippen LogP contribution in [0.3, 0.4) is 0 Å². The predicted octanol–water partition coefficient (Wildman–Crippen LogP) is 2.07. The topological polar surface area (TPSA) is 63.4 Å². The van der Waals surface area contributed by atoms with E-state index in [1.807, 2.05) is 0 Å². The zero-order chi connectivity index (χ0) is 14.8. The van der Waals surface area contributed by atoms with Crippen LogP contribution in [0.25, 0.3) is 0 Å². The van der Waals surface area contributed by atoms with Gasteiger partial charge in [-0.15, -0.1) is 0 Å². The first kappa shape index (κ1) is 16.0. The van der Waals surface area contributed by atoms with E-state index in [9.17, 15) is 12.8 Å². The van der Waals surface area contributed by atoms with Gasteiger partial charge in [0, 0.05) is 25.4 Å². The number of hydrogen-bond donors (Lipinski definition) is 1. The number of halogens is 2. The molecular weight excluding hydrogens is 323 g/mol. The molecule has 0 aromatic heterocycles. The molecule has 1 aromatic rings. The van der Waals surface area contributed by atoms with Gasteiger partial charge in [0.25, 0.3) is 0 Å². The van der Waals surface area contributed by atoms with E-state index in [-0.39, 0.29) is 16.5 Å². The number of benzene rings is 1. The van der Waals surface area contributed by atoms with Crippen LogP contribution in [0.2, 0.25) is 5.02 Å². The Morgan fingerprint density at radius 3 is 2.80 bits per heavy atom. The molecule has 0 amide bonds. The minimum absolute atomic E-state index is 0.00499. The van der Waals surface area contributed by atoms with Gasteiger partial charge in [0.15, 0.2) is 0 Å². The van der Waals surface area contributed by atoms with Crippen molar-refractivity contribution in [2.75, 3.05) is 24.6 Å². The van der Waals surface area contributed by atoms with Crippen molar-refractivity contribution in [2.24, 2.45) is 5.73 Å². The van der Waals surface area contributed by atoms with Crippen molar-refractivity contribution < 1.29 is 12.8 Å². The summed E-state index contributed by atoms with van der Waals surface area (Å²) >= 11 is 7.48. The number of nitrogens with zero attached hydrogens (tertiary/aromatic N) is 1. The third-order valence-corrected chi connectivity index (χ3v) is 6.46. The van der Waals surface area contributed by atoms with Gasteiger partial charge >= 0.3 is 0 Å². The molecule has 2 N–H and O–H groups in total. The van der Waals surface area contributed by atoms with Crippen LogP contribution in [0, 0.1) is 5.82 Å². The summed E-state index contributed by atoms with van der Waals surface area (Å²) in [7, 11) is -3.69. The van der Waals surface area contributed by atoms with Crippen LogP contribution in [0.4, 0.5) is 4.39 Å². The molecule has 112 valence electrons. The monoisotopic (exact) mass is 338 g/mol. The van der Waals surface area contributed by atoms with Crippen molar-refractivity contribution in [3.63, 3.8) is 0 Å². The van der Waals surface area contributed by atoms with Gasteiger partial charge in [0.2, 0.25) is 10.0 Å². The summed E-state index contributed by atoms with van der Waals surface area (Å²) in [6, 6.07) is 2.33. The maximum Gasteiger partial charge on any atom is 0.243 e. The third kappa shape index (κ3) is 3.28. The first-order valence-corrected chi connectivity index (χ1v) is 9.20. The maximum absolute atomic E-state index is 13.7. The van der Waals surface area contributed by atoms with Gasteiger partial charge in [-0.25, -0.2) is 12.8 Å². The highest BCUT2D eigenvalue weighted by Gasteiger charge is 2.27. The Labute approximate surface area is 127 Å². The standard InChI is InChI=1S/C12H16ClFN2O2S2/c13-12-9(8-15)6-10(7-11(12)14)20(17,18)16-2-1-4-19-5-3-16/h6-7H,1-5,8,15H2. The van der Waals surface area contributed by atoms with Crippen molar-refractivity contribution in [1.82, 2.24) is 4.31 Å². The molecule has 20 heavy (non-hydrogen) atoms. The normalized spacial score (nSPS) is 17.9. The number of hydrogen-bond acceptors (Lipinski definition) is 4. The molecule has 4 nitrogen and oxygen atoms in total. The fourth-order valence-electron chi connectivity index (χ4n) is 2.03. The average Bonchev–Trinajstić information content (AvgIpc) is 2.71. The van der Waals surface area contributed by atoms with E-state index in [1.54, 1.807) is 11.8 Å². The third-order valence-electron chi connectivity index (χ3n) is 3.12. The Kier molecular flexibility index (Phi) is 5.30. The number of sulfonamides is 1. The lowest BCUT2D eigenvalue weighted by atomic mass is 10.2. The molecule has 2 rings (SSSR count). The van der Waals surface area contributed by atoms with Crippen LogP contribution >= 0.6 is 23.4 Å². The molecule has 1 fully saturated rings. The zero-order valence-corrected chi connectivity index (χ0v) is 13.2. The van der Waals surface area contributed by atoms with E-state index < -0.39 is 15.8 Å². The summed E-state index contributed by atoms with van der Waals surface area (Å²) in [6.45, 7) is 0.891. The molecule has 8 heteroatoms. The fraction of sp³-hybridized carbons (Fsp3) is 0.500. The summed E-state index contributed by atoms with van der Waals surface area (Å²) < 4.78 is 40.2. The number of nitrogens with two attached hydrogens (primary N) is 1. The predicted molar refractivity (Wildman–Crippen MR) is 80.0 cm³/mol. The molecule has 0 bridgehead atoms. The summed E-state index contributed by atoms with van der Waals surface area (Å²) in [4.78, 5) is -0.0771. The van der Waals surface area contributed by atoms with E-state index in [0.29, 0.717) is 18.7 Å². The molecule has 0 radical (unpaired) electrons. The van der Waals surface area contributed by atoms with Gasteiger partial charge in [0.1, 0.15) is 5.82 Å². The Balaban J connectivity index is 2.40.